The maximum atomic E-state index is 12.3. The van der Waals surface area contributed by atoms with Gasteiger partial charge >= 0.3 is 5.97 Å². The minimum atomic E-state index is -0.556. The summed E-state index contributed by atoms with van der Waals surface area (Å²) in [6, 6.07) is 9.96. The molecule has 1 saturated heterocycles. The Morgan fingerprint density at radius 1 is 1.07 bits per heavy atom. The van der Waals surface area contributed by atoms with E-state index in [9.17, 15) is 9.59 Å². The predicted molar refractivity (Wildman–Crippen MR) is 106 cm³/mol. The number of benzene rings is 1. The summed E-state index contributed by atoms with van der Waals surface area (Å²) in [6.07, 6.45) is 5.58. The van der Waals surface area contributed by atoms with Gasteiger partial charge in [-0.2, -0.15) is 0 Å². The van der Waals surface area contributed by atoms with Gasteiger partial charge in [0.05, 0.1) is 0 Å². The molecule has 0 radical (unpaired) electrons. The number of esters is 1. The summed E-state index contributed by atoms with van der Waals surface area (Å²) >= 11 is 1.35. The van der Waals surface area contributed by atoms with Crippen molar-refractivity contribution >= 4 is 28.3 Å². The Kier molecular flexibility index (Phi) is 7.21. The Labute approximate surface area is 163 Å². The van der Waals surface area contributed by atoms with Gasteiger partial charge in [0.1, 0.15) is 0 Å². The van der Waals surface area contributed by atoms with Crippen LogP contribution in [0.2, 0.25) is 0 Å². The fraction of sp³-hybridized carbons (Fsp3) is 0.450. The molecule has 0 atom stereocenters. The van der Waals surface area contributed by atoms with Crippen molar-refractivity contribution < 1.29 is 14.3 Å². The Bertz CT molecular complexity index is 740. The van der Waals surface area contributed by atoms with Crippen LogP contribution in [0.25, 0.3) is 0 Å². The molecule has 2 aromatic rings. The number of amides is 1. The van der Waals surface area contributed by atoms with Crippen LogP contribution in [0.5, 0.6) is 0 Å². The molecule has 7 heteroatoms. The number of hydrogen-bond acceptors (Lipinski definition) is 6. The van der Waals surface area contributed by atoms with Gasteiger partial charge < -0.3 is 15.0 Å². The SMILES string of the molecule is O=C(OCC(=O)N1CCCCCCC1)c1csc(NCc2ccccc2)n1. The molecule has 1 N–H and O–H groups in total. The summed E-state index contributed by atoms with van der Waals surface area (Å²) in [5.74, 6) is -0.678. The van der Waals surface area contributed by atoms with Crippen LogP contribution in [0.1, 0.15) is 48.2 Å². The molecule has 2 heterocycles. The summed E-state index contributed by atoms with van der Waals surface area (Å²) in [5, 5.41) is 5.49. The molecular formula is C20H25N3O3S. The highest BCUT2D eigenvalue weighted by molar-refractivity contribution is 7.13. The molecule has 0 spiro atoms. The van der Waals surface area contributed by atoms with Crippen molar-refractivity contribution in [3.63, 3.8) is 0 Å². The van der Waals surface area contributed by atoms with E-state index in [-0.39, 0.29) is 18.2 Å². The zero-order valence-electron chi connectivity index (χ0n) is 15.4. The summed E-state index contributed by atoms with van der Waals surface area (Å²) < 4.78 is 5.18. The standard InChI is InChI=1S/C20H25N3O3S/c24-18(23-11-7-2-1-3-8-12-23)14-26-19(25)17-15-27-20(22-17)21-13-16-9-5-4-6-10-16/h4-6,9-10,15H,1-3,7-8,11-14H2,(H,21,22). The quantitative estimate of drug-likeness (QED) is 0.765. The summed E-state index contributed by atoms with van der Waals surface area (Å²) in [4.78, 5) is 30.5. The van der Waals surface area contributed by atoms with E-state index in [1.165, 1.54) is 17.8 Å². The molecule has 0 saturated carbocycles. The van der Waals surface area contributed by atoms with Crippen molar-refractivity contribution in [3.8, 4) is 0 Å². The topological polar surface area (TPSA) is 71.5 Å². The number of carbonyl (C=O) groups is 2. The molecule has 1 aromatic heterocycles. The molecular weight excluding hydrogens is 362 g/mol. The van der Waals surface area contributed by atoms with Gasteiger partial charge in [0.15, 0.2) is 17.4 Å². The second kappa shape index (κ2) is 10.1. The van der Waals surface area contributed by atoms with Crippen LogP contribution in [0.15, 0.2) is 35.7 Å². The van der Waals surface area contributed by atoms with E-state index in [0.29, 0.717) is 11.7 Å². The molecule has 6 nitrogen and oxygen atoms in total. The van der Waals surface area contributed by atoms with Gasteiger partial charge in [0.2, 0.25) is 0 Å². The van der Waals surface area contributed by atoms with E-state index >= 15 is 0 Å². The largest absolute Gasteiger partial charge is 0.451 e. The van der Waals surface area contributed by atoms with E-state index in [1.807, 2.05) is 30.3 Å². The van der Waals surface area contributed by atoms with Gasteiger partial charge in [-0.1, -0.05) is 49.6 Å². The number of rotatable bonds is 6. The van der Waals surface area contributed by atoms with E-state index < -0.39 is 5.97 Å². The van der Waals surface area contributed by atoms with E-state index in [1.54, 1.807) is 10.3 Å². The first-order valence-corrected chi connectivity index (χ1v) is 10.3. The molecule has 1 fully saturated rings. The molecule has 1 aromatic carbocycles. The number of carbonyl (C=O) groups excluding carboxylic acids is 2. The Hall–Kier alpha value is -2.41. The number of nitrogens with zero attached hydrogens (tertiary/aromatic N) is 2. The zero-order valence-corrected chi connectivity index (χ0v) is 16.2. The van der Waals surface area contributed by atoms with E-state index in [0.717, 1.165) is 44.3 Å². The fourth-order valence-corrected chi connectivity index (χ4v) is 3.69. The number of likely N-dealkylation sites (tertiary alicyclic amines) is 1. The third-order valence-corrected chi connectivity index (χ3v) is 5.34. The van der Waals surface area contributed by atoms with Crippen LogP contribution in [0.4, 0.5) is 5.13 Å². The minimum absolute atomic E-state index is 0.122. The van der Waals surface area contributed by atoms with Crippen LogP contribution in [0, 0.1) is 0 Å². The lowest BCUT2D eigenvalue weighted by molar-refractivity contribution is -0.134. The van der Waals surface area contributed by atoms with Crippen molar-refractivity contribution in [2.45, 2.75) is 38.6 Å². The molecule has 144 valence electrons. The monoisotopic (exact) mass is 387 g/mol. The van der Waals surface area contributed by atoms with Crippen LogP contribution in [-0.4, -0.2) is 41.5 Å². The molecule has 1 aliphatic rings. The Morgan fingerprint density at radius 3 is 2.52 bits per heavy atom. The fourth-order valence-electron chi connectivity index (χ4n) is 3.01. The first-order valence-electron chi connectivity index (χ1n) is 9.40. The number of nitrogens with one attached hydrogen (secondary N) is 1. The molecule has 27 heavy (non-hydrogen) atoms. The first kappa shape index (κ1) is 19.4. The summed E-state index contributed by atoms with van der Waals surface area (Å²) in [5.41, 5.74) is 1.37. The zero-order chi connectivity index (χ0) is 18.9. The number of hydrogen-bond donors (Lipinski definition) is 1. The molecule has 3 rings (SSSR count). The number of aromatic nitrogens is 1. The molecule has 0 aliphatic carbocycles. The van der Waals surface area contributed by atoms with Crippen molar-refractivity contribution in [3.05, 3.63) is 47.0 Å². The third kappa shape index (κ3) is 6.06. The van der Waals surface area contributed by atoms with Gasteiger partial charge in [0, 0.05) is 25.0 Å². The van der Waals surface area contributed by atoms with Crippen molar-refractivity contribution in [1.82, 2.24) is 9.88 Å². The maximum absolute atomic E-state index is 12.3. The highest BCUT2D eigenvalue weighted by Crippen LogP contribution is 2.17. The van der Waals surface area contributed by atoms with Gasteiger partial charge in [-0.25, -0.2) is 9.78 Å². The lowest BCUT2D eigenvalue weighted by atomic mass is 10.1. The Morgan fingerprint density at radius 2 is 1.78 bits per heavy atom. The molecule has 1 amide bonds. The highest BCUT2D eigenvalue weighted by atomic mass is 32.1. The number of ether oxygens (including phenoxy) is 1. The summed E-state index contributed by atoms with van der Waals surface area (Å²) in [6.45, 7) is 1.92. The van der Waals surface area contributed by atoms with Crippen molar-refractivity contribution in [2.75, 3.05) is 25.0 Å². The normalized spacial score (nSPS) is 14.9. The average Bonchev–Trinajstić information content (AvgIpc) is 3.14. The number of anilines is 1. The van der Waals surface area contributed by atoms with Crippen molar-refractivity contribution in [1.29, 1.82) is 0 Å². The first-order chi connectivity index (χ1) is 13.2. The average molecular weight is 388 g/mol. The molecule has 0 unspecified atom stereocenters. The highest BCUT2D eigenvalue weighted by Gasteiger charge is 2.18. The molecule has 0 bridgehead atoms. The lowest BCUT2D eigenvalue weighted by Crippen LogP contribution is -2.37. The lowest BCUT2D eigenvalue weighted by Gasteiger charge is -2.24. The smallest absolute Gasteiger partial charge is 0.358 e. The summed E-state index contributed by atoms with van der Waals surface area (Å²) in [7, 11) is 0. The van der Waals surface area contributed by atoms with Crippen LogP contribution in [-0.2, 0) is 16.1 Å². The maximum Gasteiger partial charge on any atom is 0.358 e. The van der Waals surface area contributed by atoms with Gasteiger partial charge in [-0.05, 0) is 18.4 Å². The van der Waals surface area contributed by atoms with Crippen LogP contribution in [0.3, 0.4) is 0 Å². The van der Waals surface area contributed by atoms with Gasteiger partial charge in [0.25, 0.3) is 5.91 Å². The second-order valence-electron chi connectivity index (χ2n) is 6.60. The number of thiazole rings is 1. The predicted octanol–water partition coefficient (Wildman–Crippen LogP) is 3.70. The van der Waals surface area contributed by atoms with E-state index in [2.05, 4.69) is 10.3 Å². The van der Waals surface area contributed by atoms with Gasteiger partial charge in [-0.3, -0.25) is 4.79 Å². The Balaban J connectivity index is 1.45. The van der Waals surface area contributed by atoms with Crippen LogP contribution >= 0.6 is 11.3 Å². The van der Waals surface area contributed by atoms with Crippen LogP contribution < -0.4 is 5.32 Å². The second-order valence-corrected chi connectivity index (χ2v) is 7.46. The van der Waals surface area contributed by atoms with Crippen molar-refractivity contribution in [2.24, 2.45) is 0 Å². The van der Waals surface area contributed by atoms with Gasteiger partial charge in [-0.15, -0.1) is 11.3 Å². The molecule has 1 aliphatic heterocycles. The minimum Gasteiger partial charge on any atom is -0.451 e. The third-order valence-electron chi connectivity index (χ3n) is 4.54. The van der Waals surface area contributed by atoms with E-state index in [4.69, 9.17) is 4.74 Å².